The summed E-state index contributed by atoms with van der Waals surface area (Å²) in [7, 11) is 1.65. The van der Waals surface area contributed by atoms with Crippen molar-refractivity contribution in [2.45, 2.75) is 63.1 Å². The van der Waals surface area contributed by atoms with E-state index < -0.39 is 17.7 Å². The molecule has 5 rings (SSSR count). The number of methoxy groups -OCH3 is 1. The van der Waals surface area contributed by atoms with E-state index in [1.807, 2.05) is 6.92 Å². The molecule has 0 aromatic heterocycles. The van der Waals surface area contributed by atoms with Crippen molar-refractivity contribution in [2.24, 2.45) is 5.92 Å². The smallest absolute Gasteiger partial charge is 0.230 e. The molecule has 2 bridgehead atoms. The molecule has 5 heteroatoms. The first-order valence-corrected chi connectivity index (χ1v) is 8.44. The van der Waals surface area contributed by atoms with Crippen LogP contribution in [0.5, 0.6) is 0 Å². The molecule has 126 valence electrons. The second kappa shape index (κ2) is 5.52. The molecule has 0 radical (unpaired) electrons. The minimum atomic E-state index is -1.01. The predicted molar refractivity (Wildman–Crippen MR) is 80.8 cm³/mol. The van der Waals surface area contributed by atoms with Crippen molar-refractivity contribution in [3.05, 3.63) is 35.1 Å². The summed E-state index contributed by atoms with van der Waals surface area (Å²) in [5, 5.41) is 0. The van der Waals surface area contributed by atoms with Crippen LogP contribution < -0.4 is 0 Å². The lowest BCUT2D eigenvalue weighted by molar-refractivity contribution is -0.559. The van der Waals surface area contributed by atoms with Gasteiger partial charge in [-0.15, -0.1) is 0 Å². The highest BCUT2D eigenvalue weighted by atomic mass is 19.1. The summed E-state index contributed by atoms with van der Waals surface area (Å²) < 4.78 is 25.5. The van der Waals surface area contributed by atoms with Gasteiger partial charge in [-0.3, -0.25) is 0 Å². The van der Waals surface area contributed by atoms with Crippen LogP contribution >= 0.6 is 0 Å². The van der Waals surface area contributed by atoms with Gasteiger partial charge < -0.3 is 9.47 Å². The van der Waals surface area contributed by atoms with E-state index in [1.165, 1.54) is 18.6 Å². The van der Waals surface area contributed by atoms with Gasteiger partial charge in [0.25, 0.3) is 0 Å². The van der Waals surface area contributed by atoms with Gasteiger partial charge in [-0.1, -0.05) is 18.9 Å². The summed E-state index contributed by atoms with van der Waals surface area (Å²) in [5.74, 6) is -0.908. The van der Waals surface area contributed by atoms with Crippen molar-refractivity contribution in [1.29, 1.82) is 0 Å². The molecule has 1 aromatic carbocycles. The Morgan fingerprint density at radius 1 is 1.17 bits per heavy atom. The van der Waals surface area contributed by atoms with Crippen molar-refractivity contribution in [3.8, 4) is 0 Å². The maximum atomic E-state index is 13.5. The molecule has 1 spiro atoms. The number of fused-ring (bicyclic) bond motifs is 3. The van der Waals surface area contributed by atoms with Crippen LogP contribution in [0.15, 0.2) is 18.2 Å². The first-order chi connectivity index (χ1) is 11.1. The number of halogens is 1. The fourth-order valence-corrected chi connectivity index (χ4v) is 4.54. The summed E-state index contributed by atoms with van der Waals surface area (Å²) >= 11 is 0. The van der Waals surface area contributed by atoms with E-state index in [2.05, 4.69) is 0 Å². The van der Waals surface area contributed by atoms with Crippen LogP contribution in [0.2, 0.25) is 0 Å². The molecule has 23 heavy (non-hydrogen) atoms. The Balaban J connectivity index is 1.76. The molecule has 1 aromatic rings. The van der Waals surface area contributed by atoms with E-state index >= 15 is 0 Å². The average molecular weight is 322 g/mol. The van der Waals surface area contributed by atoms with E-state index in [9.17, 15) is 4.39 Å². The molecule has 1 aliphatic carbocycles. The molecule has 3 unspecified atom stereocenters. The lowest BCUT2D eigenvalue weighted by Gasteiger charge is -2.49. The topological polar surface area (TPSA) is 36.9 Å². The van der Waals surface area contributed by atoms with Crippen molar-refractivity contribution in [2.75, 3.05) is 7.11 Å². The highest BCUT2D eigenvalue weighted by molar-refractivity contribution is 5.31. The zero-order valence-electron chi connectivity index (χ0n) is 13.6. The van der Waals surface area contributed by atoms with Crippen molar-refractivity contribution in [3.63, 3.8) is 0 Å². The molecule has 1 saturated carbocycles. The van der Waals surface area contributed by atoms with Crippen LogP contribution in [-0.2, 0) is 25.0 Å². The van der Waals surface area contributed by atoms with E-state index in [1.54, 1.807) is 13.2 Å². The van der Waals surface area contributed by atoms with E-state index in [4.69, 9.17) is 19.2 Å². The quantitative estimate of drug-likeness (QED) is 0.772. The second-order valence-corrected chi connectivity index (χ2v) is 7.00. The van der Waals surface area contributed by atoms with Crippen LogP contribution in [0.1, 0.15) is 49.7 Å². The minimum absolute atomic E-state index is 0.263. The fourth-order valence-electron chi connectivity index (χ4n) is 4.54. The Kier molecular flexibility index (Phi) is 3.72. The molecule has 3 saturated heterocycles. The number of benzene rings is 1. The minimum Gasteiger partial charge on any atom is -0.353 e. The third-order valence-electron chi connectivity index (χ3n) is 5.72. The molecular formula is C18H23FO4. The van der Waals surface area contributed by atoms with Gasteiger partial charge in [0, 0.05) is 19.1 Å². The lowest BCUT2D eigenvalue weighted by Crippen LogP contribution is -2.59. The van der Waals surface area contributed by atoms with Gasteiger partial charge in [0.05, 0.1) is 0 Å². The lowest BCUT2D eigenvalue weighted by atomic mass is 9.73. The normalized spacial score (nSPS) is 39.8. The third kappa shape index (κ3) is 2.25. The van der Waals surface area contributed by atoms with Gasteiger partial charge in [0.1, 0.15) is 5.82 Å². The second-order valence-electron chi connectivity index (χ2n) is 7.00. The van der Waals surface area contributed by atoms with E-state index in [0.717, 1.165) is 36.8 Å². The monoisotopic (exact) mass is 322 g/mol. The maximum Gasteiger partial charge on any atom is 0.230 e. The predicted octanol–water partition coefficient (Wildman–Crippen LogP) is 3.96. The fraction of sp³-hybridized carbons (Fsp3) is 0.667. The Morgan fingerprint density at radius 3 is 2.83 bits per heavy atom. The van der Waals surface area contributed by atoms with Gasteiger partial charge in [0.15, 0.2) is 11.9 Å². The van der Waals surface area contributed by atoms with Crippen LogP contribution in [0.4, 0.5) is 4.39 Å². The number of rotatable bonds is 2. The molecular weight excluding hydrogens is 299 g/mol. The van der Waals surface area contributed by atoms with Gasteiger partial charge in [-0.2, -0.15) is 4.89 Å². The zero-order chi connectivity index (χ0) is 16.1. The van der Waals surface area contributed by atoms with Crippen LogP contribution in [0.3, 0.4) is 0 Å². The highest BCUT2D eigenvalue weighted by Crippen LogP contribution is 2.55. The molecule has 4 atom stereocenters. The molecule has 4 fully saturated rings. The Labute approximate surface area is 135 Å². The number of hydrogen-bond acceptors (Lipinski definition) is 4. The Hall–Kier alpha value is -1.01. The first-order valence-electron chi connectivity index (χ1n) is 8.44. The van der Waals surface area contributed by atoms with Gasteiger partial charge in [0.2, 0.25) is 5.79 Å². The van der Waals surface area contributed by atoms with E-state index in [-0.39, 0.29) is 5.82 Å². The Morgan fingerprint density at radius 2 is 2.04 bits per heavy atom. The average Bonchev–Trinajstić information content (AvgIpc) is 2.80. The largest absolute Gasteiger partial charge is 0.353 e. The van der Waals surface area contributed by atoms with Crippen LogP contribution in [-0.4, -0.2) is 19.0 Å². The van der Waals surface area contributed by atoms with E-state index in [0.29, 0.717) is 12.3 Å². The molecule has 4 nitrogen and oxygen atoms in total. The Bertz CT molecular complexity index is 603. The maximum absolute atomic E-state index is 13.5. The number of ether oxygens (including phenoxy) is 2. The van der Waals surface area contributed by atoms with Crippen molar-refractivity contribution >= 4 is 0 Å². The van der Waals surface area contributed by atoms with Crippen LogP contribution in [0, 0.1) is 18.7 Å². The zero-order valence-corrected chi connectivity index (χ0v) is 13.6. The first kappa shape index (κ1) is 15.5. The SMILES string of the molecule is COC1O[C@@]2(c3ccc(F)cc3C)CCC3CCCCC31OO2. The molecule has 0 N–H and O–H groups in total. The summed E-state index contributed by atoms with van der Waals surface area (Å²) in [4.78, 5) is 11.9. The molecule has 0 amide bonds. The molecule has 3 aliphatic heterocycles. The van der Waals surface area contributed by atoms with Crippen molar-refractivity contribution < 1.29 is 23.6 Å². The summed E-state index contributed by atoms with van der Waals surface area (Å²) in [6.07, 6.45) is 5.45. The highest BCUT2D eigenvalue weighted by Gasteiger charge is 2.62. The molecule has 3 heterocycles. The standard InChI is InChI=1S/C18H23FO4/c1-12-11-14(19)6-7-15(12)18-10-8-13-5-3-4-9-17(13,22-23-18)16(20-2)21-18/h6-7,11,13,16H,3-5,8-10H2,1-2H3/t13?,16?,17?,18-/m0/s1. The van der Waals surface area contributed by atoms with Gasteiger partial charge in [-0.25, -0.2) is 9.28 Å². The number of aryl methyl sites for hydroxylation is 1. The summed E-state index contributed by atoms with van der Waals surface area (Å²) in [6.45, 7) is 1.87. The summed E-state index contributed by atoms with van der Waals surface area (Å²) in [5.41, 5.74) is 1.10. The van der Waals surface area contributed by atoms with Gasteiger partial charge >= 0.3 is 0 Å². The molecule has 4 aliphatic rings. The third-order valence-corrected chi connectivity index (χ3v) is 5.72. The van der Waals surface area contributed by atoms with Gasteiger partial charge in [-0.05, 0) is 49.8 Å². The van der Waals surface area contributed by atoms with Crippen molar-refractivity contribution in [1.82, 2.24) is 0 Å². The summed E-state index contributed by atoms with van der Waals surface area (Å²) in [6, 6.07) is 4.67. The number of hydrogen-bond donors (Lipinski definition) is 0. The van der Waals surface area contributed by atoms with Crippen LogP contribution in [0.25, 0.3) is 0 Å².